The largest absolute Gasteiger partial charge is 0.456 e. The summed E-state index contributed by atoms with van der Waals surface area (Å²) in [5.41, 5.74) is 11.5. The Kier molecular flexibility index (Phi) is 6.83. The molecule has 0 N–H and O–H groups in total. The van der Waals surface area contributed by atoms with E-state index < -0.39 is 0 Å². The number of para-hydroxylation sites is 4. The van der Waals surface area contributed by atoms with E-state index in [0.717, 1.165) is 99.2 Å². The molecule has 0 atom stereocenters. The van der Waals surface area contributed by atoms with Gasteiger partial charge in [-0.1, -0.05) is 140 Å². The summed E-state index contributed by atoms with van der Waals surface area (Å²) in [6.07, 6.45) is 0. The first-order valence-electron chi connectivity index (χ1n) is 18.9. The fraction of sp³-hybridized carbons (Fsp3) is 0. The molecule has 12 rings (SSSR count). The molecular formula is C51H29N3O3. The second kappa shape index (κ2) is 12.3. The zero-order valence-corrected chi connectivity index (χ0v) is 30.3. The number of fused-ring (bicyclic) bond motifs is 9. The van der Waals surface area contributed by atoms with Gasteiger partial charge in [-0.05, 0) is 47.5 Å². The Balaban J connectivity index is 1.07. The van der Waals surface area contributed by atoms with E-state index in [-0.39, 0.29) is 0 Å². The van der Waals surface area contributed by atoms with Crippen LogP contribution >= 0.6 is 0 Å². The quantitative estimate of drug-likeness (QED) is 0.175. The summed E-state index contributed by atoms with van der Waals surface area (Å²) in [6.45, 7) is 0. The molecule has 0 aliphatic carbocycles. The molecule has 0 saturated carbocycles. The van der Waals surface area contributed by atoms with Crippen molar-refractivity contribution in [1.29, 1.82) is 0 Å². The third kappa shape index (κ3) is 4.94. The molecule has 0 bridgehead atoms. The molecule has 0 amide bonds. The van der Waals surface area contributed by atoms with Crippen molar-refractivity contribution in [3.8, 4) is 56.4 Å². The molecule has 0 aliphatic heterocycles. The molecule has 6 heteroatoms. The van der Waals surface area contributed by atoms with Crippen molar-refractivity contribution >= 4 is 65.8 Å². The van der Waals surface area contributed by atoms with Gasteiger partial charge in [0.05, 0.1) is 5.56 Å². The third-order valence-corrected chi connectivity index (χ3v) is 11.0. The maximum Gasteiger partial charge on any atom is 0.167 e. The lowest BCUT2D eigenvalue weighted by molar-refractivity contribution is 0.665. The molecule has 0 unspecified atom stereocenters. The molecule has 8 aromatic carbocycles. The summed E-state index contributed by atoms with van der Waals surface area (Å²) in [7, 11) is 0. The average Bonchev–Trinajstić information content (AvgIpc) is 3.98. The number of aromatic nitrogens is 3. The van der Waals surface area contributed by atoms with Crippen LogP contribution in [0.4, 0.5) is 0 Å². The van der Waals surface area contributed by atoms with Crippen LogP contribution in [-0.4, -0.2) is 15.0 Å². The third-order valence-electron chi connectivity index (χ3n) is 11.0. The van der Waals surface area contributed by atoms with Crippen LogP contribution in [0.5, 0.6) is 0 Å². The van der Waals surface area contributed by atoms with Gasteiger partial charge >= 0.3 is 0 Å². The minimum absolute atomic E-state index is 0.542. The Morgan fingerprint density at radius 2 is 0.807 bits per heavy atom. The first-order valence-corrected chi connectivity index (χ1v) is 18.9. The van der Waals surface area contributed by atoms with Crippen LogP contribution in [0.1, 0.15) is 0 Å². The number of benzene rings is 8. The van der Waals surface area contributed by atoms with Crippen molar-refractivity contribution in [1.82, 2.24) is 15.0 Å². The highest BCUT2D eigenvalue weighted by molar-refractivity contribution is 6.20. The lowest BCUT2D eigenvalue weighted by Gasteiger charge is -2.09. The Morgan fingerprint density at radius 3 is 1.53 bits per heavy atom. The molecule has 0 fully saturated rings. The molecular weight excluding hydrogens is 703 g/mol. The first kappa shape index (κ1) is 31.5. The smallest absolute Gasteiger partial charge is 0.167 e. The average molecular weight is 732 g/mol. The van der Waals surface area contributed by atoms with Crippen LogP contribution in [0.25, 0.3) is 122 Å². The summed E-state index contributed by atoms with van der Waals surface area (Å²) < 4.78 is 19.9. The zero-order chi connectivity index (χ0) is 37.5. The molecule has 57 heavy (non-hydrogen) atoms. The molecule has 0 radical (unpaired) electrons. The topological polar surface area (TPSA) is 78.1 Å². The standard InChI is InChI=1S/C51H29N3O3/c1-3-13-30(14-4-1)49-52-50(31-15-5-2-6-16-31)54-51(53-49)40-22-12-21-36-35-19-11-20-37(46(35)57-47(36)40)38-27-26-33(45-39-18-8-10-24-43(39)56-48(38)45)32-25-28-44-41(29-32)34-17-7-9-23-42(34)55-44/h1-29H. The van der Waals surface area contributed by atoms with Gasteiger partial charge in [0.15, 0.2) is 17.5 Å². The molecule has 0 spiro atoms. The van der Waals surface area contributed by atoms with Gasteiger partial charge in [-0.2, -0.15) is 0 Å². The van der Waals surface area contributed by atoms with E-state index in [4.69, 9.17) is 28.2 Å². The summed E-state index contributed by atoms with van der Waals surface area (Å²) in [4.78, 5) is 15.0. The van der Waals surface area contributed by atoms with Gasteiger partial charge in [0.1, 0.15) is 33.5 Å². The molecule has 4 aromatic heterocycles. The first-order chi connectivity index (χ1) is 28.2. The van der Waals surface area contributed by atoms with Gasteiger partial charge in [0.25, 0.3) is 0 Å². The molecule has 4 heterocycles. The van der Waals surface area contributed by atoms with Crippen molar-refractivity contribution < 1.29 is 13.3 Å². The van der Waals surface area contributed by atoms with Crippen LogP contribution in [0.3, 0.4) is 0 Å². The number of nitrogens with zero attached hydrogens (tertiary/aromatic N) is 3. The zero-order valence-electron chi connectivity index (χ0n) is 30.3. The normalized spacial score (nSPS) is 11.9. The number of hydrogen-bond acceptors (Lipinski definition) is 6. The summed E-state index contributed by atoms with van der Waals surface area (Å²) >= 11 is 0. The van der Waals surface area contributed by atoms with Crippen LogP contribution in [0.2, 0.25) is 0 Å². The lowest BCUT2D eigenvalue weighted by Crippen LogP contribution is -2.00. The highest BCUT2D eigenvalue weighted by Crippen LogP contribution is 2.46. The van der Waals surface area contributed by atoms with Gasteiger partial charge in [-0.3, -0.25) is 0 Å². The molecule has 12 aromatic rings. The maximum atomic E-state index is 6.98. The van der Waals surface area contributed by atoms with Gasteiger partial charge < -0.3 is 13.3 Å². The summed E-state index contributed by atoms with van der Waals surface area (Å²) in [6, 6.07) is 59.7. The highest BCUT2D eigenvalue weighted by atomic mass is 16.3. The number of rotatable bonds is 5. The number of hydrogen-bond donors (Lipinski definition) is 0. The Bertz CT molecular complexity index is 3470. The molecule has 0 aliphatic rings. The lowest BCUT2D eigenvalue weighted by atomic mass is 9.93. The van der Waals surface area contributed by atoms with E-state index in [1.165, 1.54) is 0 Å². The van der Waals surface area contributed by atoms with Gasteiger partial charge in [-0.15, -0.1) is 0 Å². The maximum absolute atomic E-state index is 6.98. The Labute approximate surface area is 325 Å². The van der Waals surface area contributed by atoms with Crippen molar-refractivity contribution in [3.05, 3.63) is 176 Å². The van der Waals surface area contributed by atoms with Crippen molar-refractivity contribution in [2.45, 2.75) is 0 Å². The second-order valence-electron chi connectivity index (χ2n) is 14.3. The summed E-state index contributed by atoms with van der Waals surface area (Å²) in [5.74, 6) is 1.74. The number of furan rings is 3. The SMILES string of the molecule is c1ccc(-c2nc(-c3ccccc3)nc(-c3cccc4c3oc3c(-c5ccc(-c6ccc7oc8ccccc8c7c6)c6c5oc5ccccc56)cccc34)n2)cc1. The van der Waals surface area contributed by atoms with E-state index in [1.54, 1.807) is 0 Å². The monoisotopic (exact) mass is 731 g/mol. The van der Waals surface area contributed by atoms with Crippen LogP contribution in [-0.2, 0) is 0 Å². The van der Waals surface area contributed by atoms with Gasteiger partial charge in [0.2, 0.25) is 0 Å². The van der Waals surface area contributed by atoms with Crippen LogP contribution < -0.4 is 0 Å². The van der Waals surface area contributed by atoms with Crippen molar-refractivity contribution in [3.63, 3.8) is 0 Å². The molecule has 266 valence electrons. The van der Waals surface area contributed by atoms with E-state index in [2.05, 4.69) is 78.9 Å². The van der Waals surface area contributed by atoms with E-state index >= 15 is 0 Å². The van der Waals surface area contributed by atoms with Gasteiger partial charge in [-0.25, -0.2) is 15.0 Å². The minimum atomic E-state index is 0.542. The molecule has 6 nitrogen and oxygen atoms in total. The van der Waals surface area contributed by atoms with Gasteiger partial charge in [0, 0.05) is 54.6 Å². The van der Waals surface area contributed by atoms with E-state index in [1.807, 2.05) is 97.1 Å². The predicted molar refractivity (Wildman–Crippen MR) is 229 cm³/mol. The molecule has 0 saturated heterocycles. The summed E-state index contributed by atoms with van der Waals surface area (Å²) in [5, 5.41) is 6.26. The van der Waals surface area contributed by atoms with E-state index in [9.17, 15) is 0 Å². The van der Waals surface area contributed by atoms with Crippen molar-refractivity contribution in [2.75, 3.05) is 0 Å². The second-order valence-corrected chi connectivity index (χ2v) is 14.3. The van der Waals surface area contributed by atoms with Crippen LogP contribution in [0.15, 0.2) is 189 Å². The highest BCUT2D eigenvalue weighted by Gasteiger charge is 2.23. The minimum Gasteiger partial charge on any atom is -0.456 e. The van der Waals surface area contributed by atoms with Crippen LogP contribution in [0, 0.1) is 0 Å². The van der Waals surface area contributed by atoms with E-state index in [0.29, 0.717) is 23.1 Å². The fourth-order valence-corrected chi connectivity index (χ4v) is 8.31. The predicted octanol–water partition coefficient (Wildman–Crippen LogP) is 13.9. The Hall–Kier alpha value is -7.83. The Morgan fingerprint density at radius 1 is 0.281 bits per heavy atom. The fourth-order valence-electron chi connectivity index (χ4n) is 8.31. The van der Waals surface area contributed by atoms with Crippen molar-refractivity contribution in [2.24, 2.45) is 0 Å².